The first-order valence-electron chi connectivity index (χ1n) is 6.47. The maximum atomic E-state index is 5.88. The second-order valence-corrected chi connectivity index (χ2v) is 4.88. The summed E-state index contributed by atoms with van der Waals surface area (Å²) in [5, 5.41) is 0.737. The number of rotatable bonds is 4. The first kappa shape index (κ1) is 12.9. The summed E-state index contributed by atoms with van der Waals surface area (Å²) in [7, 11) is 0. The van der Waals surface area contributed by atoms with Crippen molar-refractivity contribution in [2.24, 2.45) is 0 Å². The molecule has 2 aromatic heterocycles. The number of aromatic nitrogens is 3. The van der Waals surface area contributed by atoms with E-state index in [-0.39, 0.29) is 0 Å². The monoisotopic (exact) mass is 287 g/mol. The number of pyridine rings is 1. The van der Waals surface area contributed by atoms with Crippen molar-refractivity contribution in [3.63, 3.8) is 0 Å². The smallest absolute Gasteiger partial charge is 0.215 e. The van der Waals surface area contributed by atoms with E-state index in [0.717, 1.165) is 28.3 Å². The van der Waals surface area contributed by atoms with E-state index < -0.39 is 0 Å². The maximum Gasteiger partial charge on any atom is 0.215 e. The minimum absolute atomic E-state index is 0.598. The predicted molar refractivity (Wildman–Crippen MR) is 79.3 cm³/mol. The summed E-state index contributed by atoms with van der Waals surface area (Å²) in [6, 6.07) is 11.5. The molecule has 5 heteroatoms. The summed E-state index contributed by atoms with van der Waals surface area (Å²) in [5.74, 6) is 1.48. The Balaban J connectivity index is 1.86. The van der Waals surface area contributed by atoms with Crippen molar-refractivity contribution in [1.29, 1.82) is 0 Å². The molecule has 0 aliphatic heterocycles. The zero-order valence-corrected chi connectivity index (χ0v) is 11.8. The van der Waals surface area contributed by atoms with Gasteiger partial charge in [-0.25, -0.2) is 4.98 Å². The third-order valence-electron chi connectivity index (χ3n) is 2.95. The van der Waals surface area contributed by atoms with Gasteiger partial charge in [-0.15, -0.1) is 0 Å². The van der Waals surface area contributed by atoms with Gasteiger partial charge in [0, 0.05) is 17.5 Å². The van der Waals surface area contributed by atoms with Gasteiger partial charge in [0.15, 0.2) is 5.65 Å². The van der Waals surface area contributed by atoms with Gasteiger partial charge in [-0.2, -0.15) is 4.98 Å². The summed E-state index contributed by atoms with van der Waals surface area (Å²) in [4.78, 5) is 12.1. The van der Waals surface area contributed by atoms with E-state index in [4.69, 9.17) is 16.3 Å². The Morgan fingerprint density at radius 3 is 2.65 bits per heavy atom. The van der Waals surface area contributed by atoms with Crippen molar-refractivity contribution in [3.8, 4) is 5.88 Å². The van der Waals surface area contributed by atoms with Gasteiger partial charge < -0.3 is 9.72 Å². The number of hydrogen-bond acceptors (Lipinski definition) is 3. The molecule has 0 unspecified atom stereocenters. The molecular formula is C15H14ClN3O. The second-order valence-electron chi connectivity index (χ2n) is 4.44. The van der Waals surface area contributed by atoms with Crippen LogP contribution >= 0.6 is 11.6 Å². The number of hydrogen-bond donors (Lipinski definition) is 1. The van der Waals surface area contributed by atoms with Gasteiger partial charge in [0.05, 0.1) is 12.1 Å². The highest BCUT2D eigenvalue weighted by Crippen LogP contribution is 2.17. The first-order chi connectivity index (χ1) is 9.74. The number of imidazole rings is 1. The van der Waals surface area contributed by atoms with Crippen LogP contribution in [0.3, 0.4) is 0 Å². The van der Waals surface area contributed by atoms with E-state index in [9.17, 15) is 0 Å². The third kappa shape index (κ3) is 2.75. The van der Waals surface area contributed by atoms with Crippen LogP contribution < -0.4 is 4.74 Å². The minimum atomic E-state index is 0.598. The van der Waals surface area contributed by atoms with Crippen molar-refractivity contribution in [2.45, 2.75) is 13.3 Å². The van der Waals surface area contributed by atoms with Gasteiger partial charge >= 0.3 is 0 Å². The number of ether oxygens (including phenoxy) is 1. The highest BCUT2D eigenvalue weighted by molar-refractivity contribution is 6.30. The first-order valence-corrected chi connectivity index (χ1v) is 6.85. The van der Waals surface area contributed by atoms with E-state index in [2.05, 4.69) is 15.0 Å². The van der Waals surface area contributed by atoms with Crippen molar-refractivity contribution >= 4 is 22.8 Å². The SMILES string of the molecule is CCOc1ccc2[nH]c(Cc3ccc(Cl)cc3)nc2n1. The van der Waals surface area contributed by atoms with Gasteiger partial charge in [-0.1, -0.05) is 23.7 Å². The second kappa shape index (κ2) is 5.51. The Kier molecular flexibility index (Phi) is 3.56. The van der Waals surface area contributed by atoms with Crippen LogP contribution in [0.2, 0.25) is 5.02 Å². The molecule has 1 N–H and O–H groups in total. The van der Waals surface area contributed by atoms with E-state index in [1.165, 1.54) is 0 Å². The summed E-state index contributed by atoms with van der Waals surface area (Å²) in [5.41, 5.74) is 2.75. The lowest BCUT2D eigenvalue weighted by molar-refractivity contribution is 0.328. The van der Waals surface area contributed by atoms with Gasteiger partial charge in [0.2, 0.25) is 5.88 Å². The molecule has 0 saturated heterocycles. The maximum absolute atomic E-state index is 5.88. The Morgan fingerprint density at radius 1 is 1.10 bits per heavy atom. The molecule has 0 radical (unpaired) electrons. The fourth-order valence-electron chi connectivity index (χ4n) is 2.03. The molecule has 0 amide bonds. The van der Waals surface area contributed by atoms with Gasteiger partial charge in [-0.3, -0.25) is 0 Å². The topological polar surface area (TPSA) is 50.8 Å². The Bertz CT molecular complexity index is 722. The fourth-order valence-corrected chi connectivity index (χ4v) is 2.16. The zero-order chi connectivity index (χ0) is 13.9. The Hall–Kier alpha value is -2.07. The molecule has 0 bridgehead atoms. The number of benzene rings is 1. The van der Waals surface area contributed by atoms with Crippen LogP contribution in [-0.2, 0) is 6.42 Å². The number of nitrogens with one attached hydrogen (secondary N) is 1. The van der Waals surface area contributed by atoms with Crippen LogP contribution in [0.5, 0.6) is 5.88 Å². The van der Waals surface area contributed by atoms with Crippen LogP contribution in [-0.4, -0.2) is 21.6 Å². The lowest BCUT2D eigenvalue weighted by Crippen LogP contribution is -1.93. The lowest BCUT2D eigenvalue weighted by Gasteiger charge is -1.99. The Morgan fingerprint density at radius 2 is 1.90 bits per heavy atom. The van der Waals surface area contributed by atoms with Crippen molar-refractivity contribution < 1.29 is 4.74 Å². The highest BCUT2D eigenvalue weighted by Gasteiger charge is 2.06. The molecule has 0 atom stereocenters. The quantitative estimate of drug-likeness (QED) is 0.797. The summed E-state index contributed by atoms with van der Waals surface area (Å²) in [6.45, 7) is 2.53. The molecule has 0 fully saturated rings. The molecule has 0 spiro atoms. The number of aromatic amines is 1. The molecular weight excluding hydrogens is 274 g/mol. The van der Waals surface area contributed by atoms with Crippen LogP contribution in [0.15, 0.2) is 36.4 Å². The van der Waals surface area contributed by atoms with E-state index in [1.807, 2.05) is 43.3 Å². The molecule has 0 saturated carbocycles. The average Bonchev–Trinajstić information content (AvgIpc) is 2.83. The third-order valence-corrected chi connectivity index (χ3v) is 3.20. The molecule has 3 aromatic rings. The normalized spacial score (nSPS) is 10.9. The van der Waals surface area contributed by atoms with Crippen LogP contribution in [0.25, 0.3) is 11.2 Å². The van der Waals surface area contributed by atoms with Crippen molar-refractivity contribution in [1.82, 2.24) is 15.0 Å². The average molecular weight is 288 g/mol. The molecule has 0 aliphatic rings. The molecule has 2 heterocycles. The van der Waals surface area contributed by atoms with Crippen molar-refractivity contribution in [2.75, 3.05) is 6.61 Å². The standard InChI is InChI=1S/C15H14ClN3O/c1-2-20-14-8-7-12-15(19-14)18-13(17-12)9-10-3-5-11(16)6-4-10/h3-8H,2,9H2,1H3,(H,17,18,19). The molecule has 102 valence electrons. The van der Waals surface area contributed by atoms with Crippen LogP contribution in [0.4, 0.5) is 0 Å². The van der Waals surface area contributed by atoms with Gasteiger partial charge in [0.1, 0.15) is 5.82 Å². The Labute approximate surface area is 121 Å². The number of fused-ring (bicyclic) bond motifs is 1. The molecule has 20 heavy (non-hydrogen) atoms. The molecule has 0 aliphatic carbocycles. The molecule has 1 aromatic carbocycles. The van der Waals surface area contributed by atoms with Crippen LogP contribution in [0, 0.1) is 0 Å². The number of nitrogens with zero attached hydrogens (tertiary/aromatic N) is 2. The largest absolute Gasteiger partial charge is 0.478 e. The van der Waals surface area contributed by atoms with Gasteiger partial charge in [0.25, 0.3) is 0 Å². The number of halogens is 1. The zero-order valence-electron chi connectivity index (χ0n) is 11.1. The summed E-state index contributed by atoms with van der Waals surface area (Å²) in [6.07, 6.45) is 0.720. The molecule has 4 nitrogen and oxygen atoms in total. The van der Waals surface area contributed by atoms with Gasteiger partial charge in [-0.05, 0) is 30.7 Å². The van der Waals surface area contributed by atoms with Crippen LogP contribution in [0.1, 0.15) is 18.3 Å². The summed E-state index contributed by atoms with van der Waals surface area (Å²) < 4.78 is 5.37. The molecule has 3 rings (SSSR count). The van der Waals surface area contributed by atoms with E-state index in [0.29, 0.717) is 18.1 Å². The minimum Gasteiger partial charge on any atom is -0.478 e. The highest BCUT2D eigenvalue weighted by atomic mass is 35.5. The fraction of sp³-hybridized carbons (Fsp3) is 0.200. The van der Waals surface area contributed by atoms with Crippen molar-refractivity contribution in [3.05, 3.63) is 52.8 Å². The van der Waals surface area contributed by atoms with E-state index >= 15 is 0 Å². The summed E-state index contributed by atoms with van der Waals surface area (Å²) >= 11 is 5.88. The predicted octanol–water partition coefficient (Wildman–Crippen LogP) is 3.60. The van der Waals surface area contributed by atoms with E-state index in [1.54, 1.807) is 0 Å². The lowest BCUT2D eigenvalue weighted by atomic mass is 10.1. The number of H-pyrrole nitrogens is 1.